The maximum atomic E-state index is 11.8. The molecular weight excluding hydrogens is 276 g/mol. The lowest BCUT2D eigenvalue weighted by molar-refractivity contribution is 0.560. The molecule has 0 saturated heterocycles. The first-order valence-electron chi connectivity index (χ1n) is 5.16. The summed E-state index contributed by atoms with van der Waals surface area (Å²) in [5.74, 6) is 0. The molecule has 96 valence electrons. The molecule has 0 bridgehead atoms. The Kier molecular flexibility index (Phi) is 3.95. The van der Waals surface area contributed by atoms with Gasteiger partial charge in [0.1, 0.15) is 10.0 Å². The Morgan fingerprint density at radius 2 is 2.22 bits per heavy atom. The lowest BCUT2D eigenvalue weighted by atomic mass is 10.5. The summed E-state index contributed by atoms with van der Waals surface area (Å²) in [6.07, 6.45) is 4.62. The second-order valence-electron chi connectivity index (χ2n) is 3.48. The monoisotopic (exact) mass is 286 g/mol. The highest BCUT2D eigenvalue weighted by Crippen LogP contribution is 2.10. The second-order valence-corrected chi connectivity index (χ2v) is 5.64. The van der Waals surface area contributed by atoms with Gasteiger partial charge in [0.15, 0.2) is 0 Å². The highest BCUT2D eigenvalue weighted by atomic mass is 35.5. The molecule has 0 unspecified atom stereocenters. The molecule has 2 aromatic rings. The normalized spacial score (nSPS) is 11.6. The summed E-state index contributed by atoms with van der Waals surface area (Å²) < 4.78 is 27.8. The predicted molar refractivity (Wildman–Crippen MR) is 66.7 cm³/mol. The van der Waals surface area contributed by atoms with Crippen LogP contribution in [0.15, 0.2) is 41.7 Å². The number of aromatic nitrogens is 3. The minimum atomic E-state index is -3.54. The Labute approximate surface area is 110 Å². The maximum Gasteiger partial charge on any atom is 0.242 e. The van der Waals surface area contributed by atoms with Gasteiger partial charge in [-0.15, -0.1) is 0 Å². The van der Waals surface area contributed by atoms with E-state index in [1.165, 1.54) is 18.3 Å². The van der Waals surface area contributed by atoms with E-state index in [4.69, 9.17) is 11.6 Å². The molecule has 2 heterocycles. The van der Waals surface area contributed by atoms with Gasteiger partial charge in [-0.3, -0.25) is 4.68 Å². The van der Waals surface area contributed by atoms with Gasteiger partial charge in [-0.05, 0) is 18.2 Å². The van der Waals surface area contributed by atoms with E-state index in [0.29, 0.717) is 6.54 Å². The molecule has 0 radical (unpaired) electrons. The molecule has 0 aromatic carbocycles. The fourth-order valence-electron chi connectivity index (χ4n) is 1.33. The van der Waals surface area contributed by atoms with E-state index >= 15 is 0 Å². The Morgan fingerprint density at radius 3 is 2.83 bits per heavy atom. The fraction of sp³-hybridized carbons (Fsp3) is 0.200. The highest BCUT2D eigenvalue weighted by Gasteiger charge is 2.13. The van der Waals surface area contributed by atoms with Crippen molar-refractivity contribution in [2.75, 3.05) is 6.54 Å². The van der Waals surface area contributed by atoms with Crippen LogP contribution < -0.4 is 4.72 Å². The molecule has 2 rings (SSSR count). The quantitative estimate of drug-likeness (QED) is 0.829. The number of rotatable bonds is 5. The number of nitrogens with zero attached hydrogens (tertiary/aromatic N) is 3. The Hall–Kier alpha value is -1.44. The molecule has 0 aliphatic rings. The molecule has 0 atom stereocenters. The van der Waals surface area contributed by atoms with Gasteiger partial charge in [0, 0.05) is 25.1 Å². The molecule has 0 aliphatic carbocycles. The minimum absolute atomic E-state index is 0.0902. The second kappa shape index (κ2) is 5.47. The van der Waals surface area contributed by atoms with Crippen molar-refractivity contribution in [2.45, 2.75) is 11.4 Å². The van der Waals surface area contributed by atoms with E-state index in [2.05, 4.69) is 14.8 Å². The van der Waals surface area contributed by atoms with Crippen molar-refractivity contribution in [2.24, 2.45) is 0 Å². The summed E-state index contributed by atoms with van der Waals surface area (Å²) in [6, 6.07) is 4.62. The molecule has 18 heavy (non-hydrogen) atoms. The molecule has 0 amide bonds. The summed E-state index contributed by atoms with van der Waals surface area (Å²) in [4.78, 5) is 3.82. The van der Waals surface area contributed by atoms with E-state index in [-0.39, 0.29) is 16.6 Å². The summed E-state index contributed by atoms with van der Waals surface area (Å²) in [6.45, 7) is 0.722. The Morgan fingerprint density at radius 1 is 1.39 bits per heavy atom. The van der Waals surface area contributed by atoms with Gasteiger partial charge < -0.3 is 0 Å². The fourth-order valence-corrected chi connectivity index (χ4v) is 2.41. The molecule has 8 heteroatoms. The first-order chi connectivity index (χ1) is 8.58. The van der Waals surface area contributed by atoms with Crippen LogP contribution in [0.4, 0.5) is 0 Å². The van der Waals surface area contributed by atoms with Crippen molar-refractivity contribution in [1.29, 1.82) is 0 Å². The number of pyridine rings is 1. The molecule has 0 saturated carbocycles. The summed E-state index contributed by atoms with van der Waals surface area (Å²) in [7, 11) is -3.54. The first kappa shape index (κ1) is 13.0. The van der Waals surface area contributed by atoms with Crippen LogP contribution in [0.2, 0.25) is 5.15 Å². The maximum absolute atomic E-state index is 11.8. The molecule has 2 aromatic heterocycles. The Balaban J connectivity index is 1.97. The van der Waals surface area contributed by atoms with Gasteiger partial charge >= 0.3 is 0 Å². The van der Waals surface area contributed by atoms with Gasteiger partial charge in [0.2, 0.25) is 10.0 Å². The third-order valence-electron chi connectivity index (χ3n) is 2.20. The van der Waals surface area contributed by atoms with E-state index in [0.717, 1.165) is 0 Å². The minimum Gasteiger partial charge on any atom is -0.271 e. The third kappa shape index (κ3) is 3.28. The van der Waals surface area contributed by atoms with Crippen LogP contribution in [-0.4, -0.2) is 29.7 Å². The highest BCUT2D eigenvalue weighted by molar-refractivity contribution is 7.89. The van der Waals surface area contributed by atoms with Crippen LogP contribution in [-0.2, 0) is 16.6 Å². The van der Waals surface area contributed by atoms with Crippen molar-refractivity contribution in [3.8, 4) is 0 Å². The van der Waals surface area contributed by atoms with Crippen molar-refractivity contribution in [3.63, 3.8) is 0 Å². The summed E-state index contributed by atoms with van der Waals surface area (Å²) in [5, 5.41) is 4.23. The van der Waals surface area contributed by atoms with E-state index in [1.807, 2.05) is 0 Å². The Bertz CT molecular complexity index is 595. The SMILES string of the molecule is O=S(=O)(NCCn1cccn1)c1ccc(Cl)nc1. The van der Waals surface area contributed by atoms with Crippen LogP contribution in [0.25, 0.3) is 0 Å². The van der Waals surface area contributed by atoms with E-state index < -0.39 is 10.0 Å². The largest absolute Gasteiger partial charge is 0.271 e. The smallest absolute Gasteiger partial charge is 0.242 e. The zero-order valence-electron chi connectivity index (χ0n) is 9.32. The van der Waals surface area contributed by atoms with Gasteiger partial charge in [-0.2, -0.15) is 5.10 Å². The zero-order chi connectivity index (χ0) is 13.0. The van der Waals surface area contributed by atoms with Crippen molar-refractivity contribution in [1.82, 2.24) is 19.5 Å². The predicted octanol–water partition coefficient (Wildman–Crippen LogP) is 0.910. The topological polar surface area (TPSA) is 76.9 Å². The van der Waals surface area contributed by atoms with Gasteiger partial charge in [0.05, 0.1) is 6.54 Å². The van der Waals surface area contributed by atoms with Gasteiger partial charge in [0.25, 0.3) is 0 Å². The number of halogens is 1. The van der Waals surface area contributed by atoms with Crippen LogP contribution in [0.3, 0.4) is 0 Å². The van der Waals surface area contributed by atoms with Gasteiger partial charge in [-0.25, -0.2) is 18.1 Å². The molecule has 1 N–H and O–H groups in total. The zero-order valence-corrected chi connectivity index (χ0v) is 10.9. The lowest BCUT2D eigenvalue weighted by Crippen LogP contribution is -2.27. The average molecular weight is 287 g/mol. The number of hydrogen-bond donors (Lipinski definition) is 1. The summed E-state index contributed by atoms with van der Waals surface area (Å²) >= 11 is 5.60. The molecular formula is C10H11ClN4O2S. The van der Waals surface area contributed by atoms with Crippen LogP contribution in [0, 0.1) is 0 Å². The van der Waals surface area contributed by atoms with Crippen LogP contribution in [0.5, 0.6) is 0 Å². The van der Waals surface area contributed by atoms with E-state index in [9.17, 15) is 8.42 Å². The van der Waals surface area contributed by atoms with Crippen molar-refractivity contribution >= 4 is 21.6 Å². The third-order valence-corrected chi connectivity index (χ3v) is 3.87. The molecule has 6 nitrogen and oxygen atoms in total. The van der Waals surface area contributed by atoms with Crippen LogP contribution >= 0.6 is 11.6 Å². The van der Waals surface area contributed by atoms with Gasteiger partial charge in [-0.1, -0.05) is 11.6 Å². The summed E-state index contributed by atoms with van der Waals surface area (Å²) in [5.41, 5.74) is 0. The van der Waals surface area contributed by atoms with Crippen molar-refractivity contribution in [3.05, 3.63) is 41.9 Å². The molecule has 0 fully saturated rings. The number of sulfonamides is 1. The number of nitrogens with one attached hydrogen (secondary N) is 1. The van der Waals surface area contributed by atoms with E-state index in [1.54, 1.807) is 23.1 Å². The van der Waals surface area contributed by atoms with Crippen molar-refractivity contribution < 1.29 is 8.42 Å². The molecule has 0 spiro atoms. The standard InChI is InChI=1S/C10H11ClN4O2S/c11-10-3-2-9(8-12-10)18(16,17)14-5-7-15-6-1-4-13-15/h1-4,6,8,14H,5,7H2. The lowest BCUT2D eigenvalue weighted by Gasteiger charge is -2.06. The van der Waals surface area contributed by atoms with Crippen LogP contribution in [0.1, 0.15) is 0 Å². The first-order valence-corrected chi connectivity index (χ1v) is 7.03. The molecule has 0 aliphatic heterocycles. The number of hydrogen-bond acceptors (Lipinski definition) is 4. The average Bonchev–Trinajstić information content (AvgIpc) is 2.82.